The van der Waals surface area contributed by atoms with Crippen LogP contribution in [0.2, 0.25) is 0 Å². The van der Waals surface area contributed by atoms with E-state index in [1.165, 1.54) is 0 Å². The van der Waals surface area contributed by atoms with E-state index >= 15 is 0 Å². The molecule has 0 aliphatic rings. The lowest BCUT2D eigenvalue weighted by Crippen LogP contribution is -1.95. The quantitative estimate of drug-likeness (QED) is 0.193. The fourth-order valence-electron chi connectivity index (χ4n) is 6.93. The van der Waals surface area contributed by atoms with Crippen molar-refractivity contribution in [3.63, 3.8) is 0 Å². The molecule has 214 valence electrons. The third-order valence-corrected chi connectivity index (χ3v) is 8.97. The maximum absolute atomic E-state index is 9.66. The van der Waals surface area contributed by atoms with Gasteiger partial charge in [-0.1, -0.05) is 121 Å². The second-order valence-corrected chi connectivity index (χ2v) is 11.4. The number of rotatable bonds is 3. The minimum Gasteiger partial charge on any atom is -0.309 e. The molecule has 10 rings (SSSR count). The first-order chi connectivity index (χ1) is 27.0. The molecule has 0 unspecified atom stereocenters. The highest BCUT2D eigenvalue weighted by Crippen LogP contribution is 2.42. The molecule has 0 atom stereocenters. The molecule has 0 saturated carbocycles. The number of hydrogen-bond acceptors (Lipinski definition) is 0. The van der Waals surface area contributed by atoms with E-state index in [1.54, 1.807) is 9.13 Å². The lowest BCUT2D eigenvalue weighted by Gasteiger charge is -2.11. The van der Waals surface area contributed by atoms with Gasteiger partial charge in [-0.25, -0.2) is 0 Å². The smallest absolute Gasteiger partial charge is 0.0646 e. The predicted octanol–water partition coefficient (Wildman–Crippen LogP) is 11.9. The van der Waals surface area contributed by atoms with Crippen LogP contribution in [0.5, 0.6) is 0 Å². The van der Waals surface area contributed by atoms with Crippen molar-refractivity contribution in [2.45, 2.75) is 0 Å². The summed E-state index contributed by atoms with van der Waals surface area (Å²) in [6, 6.07) is 31.1. The summed E-state index contributed by atoms with van der Waals surface area (Å²) >= 11 is 0. The summed E-state index contributed by atoms with van der Waals surface area (Å²) in [5.41, 5.74) is 3.38. The van der Waals surface area contributed by atoms with E-state index in [-0.39, 0.29) is 79.9 Å². The lowest BCUT2D eigenvalue weighted by molar-refractivity contribution is 1.17. The minimum absolute atomic E-state index is 0.0904. The molecule has 2 nitrogen and oxygen atoms in total. The Morgan fingerprint density at radius 1 is 0.391 bits per heavy atom. The van der Waals surface area contributed by atoms with Gasteiger partial charge in [0.2, 0.25) is 0 Å². The lowest BCUT2D eigenvalue weighted by atomic mass is 9.98. The van der Waals surface area contributed by atoms with Crippen LogP contribution >= 0.6 is 0 Å². The molecule has 0 fully saturated rings. The molecule has 0 bridgehead atoms. The standard InChI is InChI=1S/C44H28N2/c1-2-12-32-28-34(25-20-29(32)10-1)46-40-19-8-6-16-38(40)44-42(46)27-26-41-43(44)37-15-5-7-18-39(37)45(41)33-23-21-31(22-24-33)36-17-9-13-30-11-3-4-14-35(30)36/h1-28H/i5D,6D,7D,8D,15D,16D,18D,19D,26D,27D. The van der Waals surface area contributed by atoms with Gasteiger partial charge in [-0.2, -0.15) is 0 Å². The number of hydrogen-bond donors (Lipinski definition) is 0. The van der Waals surface area contributed by atoms with Crippen molar-refractivity contribution in [3.05, 3.63) is 170 Å². The highest BCUT2D eigenvalue weighted by molar-refractivity contribution is 6.29. The summed E-state index contributed by atoms with van der Waals surface area (Å²) < 4.78 is 94.3. The number of fused-ring (bicyclic) bond motifs is 9. The van der Waals surface area contributed by atoms with Gasteiger partial charge in [0, 0.05) is 32.9 Å². The Kier molecular flexibility index (Phi) is 3.66. The summed E-state index contributed by atoms with van der Waals surface area (Å²) in [5, 5.41) is 4.54. The Labute approximate surface area is 280 Å². The summed E-state index contributed by atoms with van der Waals surface area (Å²) in [5.74, 6) is 0. The van der Waals surface area contributed by atoms with Gasteiger partial charge in [-0.05, 0) is 81.1 Å². The molecular formula is C44H28N2. The van der Waals surface area contributed by atoms with Gasteiger partial charge in [0.05, 0.1) is 35.8 Å². The summed E-state index contributed by atoms with van der Waals surface area (Å²) in [6.45, 7) is 0. The van der Waals surface area contributed by atoms with Gasteiger partial charge in [0.25, 0.3) is 0 Å². The first-order valence-corrected chi connectivity index (χ1v) is 15.0. The number of aromatic nitrogens is 2. The Bertz CT molecular complexity index is 3360. The van der Waals surface area contributed by atoms with Gasteiger partial charge in [0.15, 0.2) is 0 Å². The van der Waals surface area contributed by atoms with Crippen LogP contribution in [-0.2, 0) is 0 Å². The van der Waals surface area contributed by atoms with E-state index in [2.05, 4.69) is 6.07 Å². The second-order valence-electron chi connectivity index (χ2n) is 11.4. The average molecular weight is 595 g/mol. The molecule has 2 heteroatoms. The maximum Gasteiger partial charge on any atom is 0.0646 e. The largest absolute Gasteiger partial charge is 0.309 e. The molecule has 0 radical (unpaired) electrons. The van der Waals surface area contributed by atoms with Crippen molar-refractivity contribution in [2.75, 3.05) is 0 Å². The molecule has 10 aromatic rings. The predicted molar refractivity (Wildman–Crippen MR) is 196 cm³/mol. The average Bonchev–Trinajstić information content (AvgIpc) is 3.77. The molecular weight excluding hydrogens is 556 g/mol. The van der Waals surface area contributed by atoms with Crippen molar-refractivity contribution in [3.8, 4) is 22.5 Å². The Balaban J connectivity index is 1.40. The highest BCUT2D eigenvalue weighted by Gasteiger charge is 2.20. The highest BCUT2D eigenvalue weighted by atomic mass is 15.0. The monoisotopic (exact) mass is 594 g/mol. The van der Waals surface area contributed by atoms with Crippen molar-refractivity contribution in [2.24, 2.45) is 0 Å². The van der Waals surface area contributed by atoms with Crippen molar-refractivity contribution in [1.82, 2.24) is 9.13 Å². The van der Waals surface area contributed by atoms with E-state index in [1.807, 2.05) is 103 Å². The summed E-state index contributed by atoms with van der Waals surface area (Å²) in [7, 11) is 0. The Morgan fingerprint density at radius 3 is 1.67 bits per heavy atom. The SMILES string of the molecule is [2H]c1c([2H])c([2H])c2c(c1[2H])c1c3c4c([2H])c([2H])c([2H])c([2H])c4n(-c4ccc5ccccc5c4)c3c([2H])c([2H])c1n2-c1ccc(-c2cccc3ccccc23)cc1. The van der Waals surface area contributed by atoms with Crippen LogP contribution in [-0.4, -0.2) is 9.13 Å². The van der Waals surface area contributed by atoms with Crippen molar-refractivity contribution >= 4 is 65.2 Å². The summed E-state index contributed by atoms with van der Waals surface area (Å²) in [4.78, 5) is 0. The fourth-order valence-corrected chi connectivity index (χ4v) is 6.93. The van der Waals surface area contributed by atoms with Crippen LogP contribution in [0.1, 0.15) is 13.7 Å². The fraction of sp³-hybridized carbons (Fsp3) is 0. The first kappa shape index (κ1) is 17.4. The van der Waals surface area contributed by atoms with Crippen molar-refractivity contribution < 1.29 is 13.7 Å². The van der Waals surface area contributed by atoms with E-state index in [0.29, 0.717) is 11.4 Å². The van der Waals surface area contributed by atoms with Gasteiger partial charge < -0.3 is 9.13 Å². The zero-order chi connectivity index (χ0) is 38.9. The molecule has 0 N–H and O–H groups in total. The minimum atomic E-state index is -0.484. The normalized spacial score (nSPS) is 15.0. The van der Waals surface area contributed by atoms with Crippen LogP contribution in [0.4, 0.5) is 0 Å². The molecule has 0 aliphatic heterocycles. The maximum atomic E-state index is 9.66. The molecule has 0 amide bonds. The van der Waals surface area contributed by atoms with E-state index in [0.717, 1.165) is 32.7 Å². The molecule has 2 heterocycles. The molecule has 0 aliphatic carbocycles. The van der Waals surface area contributed by atoms with Crippen LogP contribution < -0.4 is 0 Å². The van der Waals surface area contributed by atoms with Gasteiger partial charge in [0.1, 0.15) is 0 Å². The molecule has 0 saturated heterocycles. The Hall–Kier alpha value is -6.12. The number of benzene rings is 8. The van der Waals surface area contributed by atoms with Gasteiger partial charge >= 0.3 is 0 Å². The van der Waals surface area contributed by atoms with Gasteiger partial charge in [-0.3, -0.25) is 0 Å². The second kappa shape index (κ2) is 9.69. The van der Waals surface area contributed by atoms with Crippen LogP contribution in [0, 0.1) is 0 Å². The number of para-hydroxylation sites is 2. The van der Waals surface area contributed by atoms with E-state index < -0.39 is 24.2 Å². The topological polar surface area (TPSA) is 9.86 Å². The van der Waals surface area contributed by atoms with Crippen LogP contribution in [0.15, 0.2) is 170 Å². The third kappa shape index (κ3) is 3.59. The zero-order valence-electron chi connectivity index (χ0n) is 34.3. The van der Waals surface area contributed by atoms with Crippen molar-refractivity contribution in [1.29, 1.82) is 0 Å². The van der Waals surface area contributed by atoms with E-state index in [4.69, 9.17) is 5.48 Å². The van der Waals surface area contributed by atoms with Crippen LogP contribution in [0.25, 0.3) is 87.7 Å². The summed E-state index contributed by atoms with van der Waals surface area (Å²) in [6.07, 6.45) is 0. The molecule has 46 heavy (non-hydrogen) atoms. The molecule has 2 aromatic heterocycles. The first-order valence-electron chi connectivity index (χ1n) is 20.0. The molecule has 8 aromatic carbocycles. The van der Waals surface area contributed by atoms with Crippen LogP contribution in [0.3, 0.4) is 0 Å². The molecule has 0 spiro atoms. The van der Waals surface area contributed by atoms with E-state index in [9.17, 15) is 8.22 Å². The third-order valence-electron chi connectivity index (χ3n) is 8.97. The van der Waals surface area contributed by atoms with Gasteiger partial charge in [-0.15, -0.1) is 0 Å². The Morgan fingerprint density at radius 2 is 0.957 bits per heavy atom. The number of nitrogens with zero attached hydrogens (tertiary/aromatic N) is 2. The zero-order valence-corrected chi connectivity index (χ0v) is 24.3.